The third-order valence-electron chi connectivity index (χ3n) is 5.67. The van der Waals surface area contributed by atoms with Crippen molar-refractivity contribution in [1.82, 2.24) is 4.90 Å². The number of likely N-dealkylation sites (N-methyl/N-ethyl adjacent to an activating group) is 1. The zero-order valence-corrected chi connectivity index (χ0v) is 15.4. The fraction of sp³-hybridized carbons (Fsp3) is 0.632. The molecule has 2 saturated heterocycles. The third-order valence-corrected chi connectivity index (χ3v) is 5.90. The van der Waals surface area contributed by atoms with Crippen LogP contribution in [0.2, 0.25) is 5.02 Å². The number of hydrogen-bond donors (Lipinski definition) is 2. The van der Waals surface area contributed by atoms with Gasteiger partial charge in [0.15, 0.2) is 0 Å². The number of piperazine rings is 1. The van der Waals surface area contributed by atoms with Gasteiger partial charge in [-0.05, 0) is 19.1 Å². The van der Waals surface area contributed by atoms with Crippen LogP contribution in [0.5, 0.6) is 0 Å². The van der Waals surface area contributed by atoms with Crippen molar-refractivity contribution in [1.29, 1.82) is 0 Å². The molecule has 5 heteroatoms. The van der Waals surface area contributed by atoms with E-state index in [2.05, 4.69) is 24.0 Å². The lowest BCUT2D eigenvalue weighted by atomic mass is 9.94. The molecule has 0 spiro atoms. The fourth-order valence-corrected chi connectivity index (χ4v) is 4.25. The molecule has 2 heterocycles. The summed E-state index contributed by atoms with van der Waals surface area (Å²) in [5.74, 6) is 0.656. The molecule has 4 nitrogen and oxygen atoms in total. The maximum atomic E-state index is 12.7. The molecule has 0 unspecified atom stereocenters. The highest BCUT2D eigenvalue weighted by Crippen LogP contribution is 2.15. The molecular weight excluding hydrogens is 322 g/mol. The van der Waals surface area contributed by atoms with E-state index in [0.29, 0.717) is 5.91 Å². The molecule has 0 radical (unpaired) electrons. The summed E-state index contributed by atoms with van der Waals surface area (Å²) in [5.41, 5.74) is 1.29. The molecular formula is C19H30ClN3O+2. The van der Waals surface area contributed by atoms with E-state index < -0.39 is 0 Å². The smallest absolute Gasteiger partial charge is 0.226 e. The van der Waals surface area contributed by atoms with Crippen molar-refractivity contribution in [2.24, 2.45) is 5.92 Å². The van der Waals surface area contributed by atoms with E-state index in [1.54, 1.807) is 9.80 Å². The van der Waals surface area contributed by atoms with Crippen LogP contribution >= 0.6 is 11.6 Å². The minimum absolute atomic E-state index is 0.247. The molecule has 1 aromatic rings. The second-order valence-electron chi connectivity index (χ2n) is 7.26. The van der Waals surface area contributed by atoms with E-state index in [-0.39, 0.29) is 5.92 Å². The largest absolute Gasteiger partial charge is 0.332 e. The van der Waals surface area contributed by atoms with Crippen LogP contribution in [-0.2, 0) is 11.3 Å². The van der Waals surface area contributed by atoms with Gasteiger partial charge in [0.25, 0.3) is 0 Å². The van der Waals surface area contributed by atoms with Gasteiger partial charge in [-0.1, -0.05) is 23.7 Å². The number of quaternary nitrogens is 2. The number of carbonyl (C=O) groups is 1. The van der Waals surface area contributed by atoms with Crippen molar-refractivity contribution in [2.45, 2.75) is 26.3 Å². The minimum Gasteiger partial charge on any atom is -0.332 e. The summed E-state index contributed by atoms with van der Waals surface area (Å²) >= 11 is 6.07. The van der Waals surface area contributed by atoms with E-state index in [1.807, 2.05) is 12.1 Å². The molecule has 2 aliphatic heterocycles. The zero-order chi connectivity index (χ0) is 16.9. The molecule has 3 rings (SSSR count). The van der Waals surface area contributed by atoms with Gasteiger partial charge in [0.1, 0.15) is 6.54 Å². The first kappa shape index (κ1) is 17.7. The highest BCUT2D eigenvalue weighted by molar-refractivity contribution is 6.30. The Kier molecular flexibility index (Phi) is 6.14. The predicted molar refractivity (Wildman–Crippen MR) is 96.4 cm³/mol. The van der Waals surface area contributed by atoms with E-state index in [9.17, 15) is 4.79 Å². The number of carbonyl (C=O) groups excluding carboxylic acids is 1. The summed E-state index contributed by atoms with van der Waals surface area (Å²) in [5, 5.41) is 0.810. The third kappa shape index (κ3) is 4.50. The quantitative estimate of drug-likeness (QED) is 0.778. The summed E-state index contributed by atoms with van der Waals surface area (Å²) in [7, 11) is 0. The first-order valence-corrected chi connectivity index (χ1v) is 9.74. The fourth-order valence-electron chi connectivity index (χ4n) is 4.04. The second-order valence-corrected chi connectivity index (χ2v) is 7.70. The van der Waals surface area contributed by atoms with Gasteiger partial charge >= 0.3 is 0 Å². The van der Waals surface area contributed by atoms with Gasteiger partial charge in [-0.3, -0.25) is 4.79 Å². The number of piperidine rings is 1. The Morgan fingerprint density at radius 2 is 1.88 bits per heavy atom. The Morgan fingerprint density at radius 3 is 2.50 bits per heavy atom. The summed E-state index contributed by atoms with van der Waals surface area (Å²) in [6.07, 6.45) is 2.05. The molecule has 0 saturated carbocycles. The molecule has 1 aromatic carbocycles. The number of likely N-dealkylation sites (tertiary alicyclic amines) is 1. The lowest BCUT2D eigenvalue weighted by Gasteiger charge is -2.35. The normalized spacial score (nSPS) is 25.7. The molecule has 0 aliphatic carbocycles. The van der Waals surface area contributed by atoms with Crippen LogP contribution in [0.15, 0.2) is 24.3 Å². The number of amides is 1. The molecule has 2 aliphatic rings. The Hall–Kier alpha value is -1.10. The molecule has 0 atom stereocenters. The van der Waals surface area contributed by atoms with Gasteiger partial charge < -0.3 is 14.7 Å². The Balaban J connectivity index is 1.45. The van der Waals surface area contributed by atoms with Crippen LogP contribution < -0.4 is 9.80 Å². The Labute approximate surface area is 150 Å². The van der Waals surface area contributed by atoms with Crippen LogP contribution in [-0.4, -0.2) is 56.6 Å². The molecule has 1 amide bonds. The molecule has 0 bridgehead atoms. The number of hydrogen-bond acceptors (Lipinski definition) is 1. The van der Waals surface area contributed by atoms with Crippen molar-refractivity contribution in [2.75, 3.05) is 45.8 Å². The monoisotopic (exact) mass is 351 g/mol. The maximum absolute atomic E-state index is 12.7. The Bertz CT molecular complexity index is 549. The van der Waals surface area contributed by atoms with Crippen LogP contribution in [0, 0.1) is 5.92 Å². The van der Waals surface area contributed by atoms with E-state index >= 15 is 0 Å². The number of rotatable bonds is 4. The van der Waals surface area contributed by atoms with Gasteiger partial charge in [0, 0.05) is 29.3 Å². The zero-order valence-electron chi connectivity index (χ0n) is 14.7. The summed E-state index contributed by atoms with van der Waals surface area (Å²) in [6, 6.07) is 8.14. The topological polar surface area (TPSA) is 29.2 Å². The molecule has 2 N–H and O–H groups in total. The highest BCUT2D eigenvalue weighted by atomic mass is 35.5. The van der Waals surface area contributed by atoms with Crippen LogP contribution in [0.3, 0.4) is 0 Å². The SMILES string of the molecule is CC[NH+]1CCN(C(=O)C2CC[NH+](Cc3cccc(Cl)c3)CC2)CC1. The molecule has 132 valence electrons. The molecule has 2 fully saturated rings. The number of nitrogens with zero attached hydrogens (tertiary/aromatic N) is 1. The van der Waals surface area contributed by atoms with Crippen molar-refractivity contribution in [3.8, 4) is 0 Å². The maximum Gasteiger partial charge on any atom is 0.226 e. The standard InChI is InChI=1S/C19H28ClN3O/c1-2-21-10-12-23(13-11-21)19(24)17-6-8-22(9-7-17)15-16-4-3-5-18(20)14-16/h3-5,14,17H,2,6-13,15H2,1H3/p+2. The van der Waals surface area contributed by atoms with Crippen molar-refractivity contribution in [3.63, 3.8) is 0 Å². The number of nitrogens with one attached hydrogen (secondary N) is 2. The van der Waals surface area contributed by atoms with Gasteiger partial charge in [-0.15, -0.1) is 0 Å². The summed E-state index contributed by atoms with van der Waals surface area (Å²) in [6.45, 7) is 10.7. The first-order valence-electron chi connectivity index (χ1n) is 9.36. The minimum atomic E-state index is 0.247. The van der Waals surface area contributed by atoms with Gasteiger partial charge in [-0.25, -0.2) is 0 Å². The second kappa shape index (κ2) is 8.32. The lowest BCUT2D eigenvalue weighted by molar-refractivity contribution is -0.919. The van der Waals surface area contributed by atoms with Crippen molar-refractivity contribution >= 4 is 17.5 Å². The van der Waals surface area contributed by atoms with Crippen LogP contribution in [0.1, 0.15) is 25.3 Å². The van der Waals surface area contributed by atoms with E-state index in [4.69, 9.17) is 11.6 Å². The molecule has 24 heavy (non-hydrogen) atoms. The average Bonchev–Trinajstić information content (AvgIpc) is 2.62. The van der Waals surface area contributed by atoms with E-state index in [0.717, 1.165) is 63.7 Å². The first-order chi connectivity index (χ1) is 11.7. The molecule has 0 aromatic heterocycles. The highest BCUT2D eigenvalue weighted by Gasteiger charge is 2.32. The average molecular weight is 352 g/mol. The van der Waals surface area contributed by atoms with E-state index in [1.165, 1.54) is 12.1 Å². The van der Waals surface area contributed by atoms with Crippen molar-refractivity contribution in [3.05, 3.63) is 34.9 Å². The van der Waals surface area contributed by atoms with Crippen molar-refractivity contribution < 1.29 is 14.6 Å². The van der Waals surface area contributed by atoms with Crippen LogP contribution in [0.25, 0.3) is 0 Å². The Morgan fingerprint density at radius 1 is 1.17 bits per heavy atom. The van der Waals surface area contributed by atoms with Gasteiger partial charge in [-0.2, -0.15) is 0 Å². The lowest BCUT2D eigenvalue weighted by Crippen LogP contribution is -3.14. The van der Waals surface area contributed by atoms with Crippen LogP contribution in [0.4, 0.5) is 0 Å². The summed E-state index contributed by atoms with van der Waals surface area (Å²) in [4.78, 5) is 18.1. The number of halogens is 1. The van der Waals surface area contributed by atoms with Gasteiger partial charge in [0.2, 0.25) is 5.91 Å². The van der Waals surface area contributed by atoms with Gasteiger partial charge in [0.05, 0.1) is 45.8 Å². The summed E-state index contributed by atoms with van der Waals surface area (Å²) < 4.78 is 0. The number of benzene rings is 1. The predicted octanol–water partition coefficient (Wildman–Crippen LogP) is -0.118.